The molecule has 0 aliphatic heterocycles. The van der Waals surface area contributed by atoms with E-state index in [1.807, 2.05) is 6.92 Å². The Morgan fingerprint density at radius 1 is 0.556 bits per heavy atom. The molecule has 0 aromatic rings. The van der Waals surface area contributed by atoms with Gasteiger partial charge in [0.2, 0.25) is 0 Å². The van der Waals surface area contributed by atoms with Gasteiger partial charge in [-0.25, -0.2) is 14.2 Å². The molecule has 10 nitrogen and oxygen atoms in total. The molecule has 3 atom stereocenters. The van der Waals surface area contributed by atoms with E-state index in [2.05, 4.69) is 23.7 Å². The summed E-state index contributed by atoms with van der Waals surface area (Å²) in [4.78, 5) is 0. The van der Waals surface area contributed by atoms with Crippen molar-refractivity contribution in [3.8, 4) is 0 Å². The average molecular weight is 780 g/mol. The van der Waals surface area contributed by atoms with Crippen LogP contribution in [-0.4, -0.2) is 111 Å². The molecule has 0 bridgehead atoms. The third-order valence-electron chi connectivity index (χ3n) is 4.66. The summed E-state index contributed by atoms with van der Waals surface area (Å²) >= 11 is 0. The number of hydrogen-bond acceptors (Lipinski definition) is 10. The molecule has 0 aliphatic rings. The second-order valence-electron chi connectivity index (χ2n) is 8.08. The van der Waals surface area contributed by atoms with E-state index < -0.39 is 12.2 Å². The molecule has 0 radical (unpaired) electrons. The minimum absolute atomic E-state index is 0. The Bertz CT molecular complexity index is 383. The van der Waals surface area contributed by atoms with Crippen molar-refractivity contribution in [2.45, 2.75) is 76.6 Å². The minimum Gasteiger partial charge on any atom is -0.553 e. The molecular weight excluding hydrogens is 727 g/mol. The van der Waals surface area contributed by atoms with Gasteiger partial charge in [-0.1, -0.05) is 0 Å². The Hall–Kier alpha value is -1.40. The topological polar surface area (TPSA) is 136 Å². The van der Waals surface area contributed by atoms with Crippen LogP contribution in [0.4, 0.5) is 0 Å². The molecule has 0 aromatic heterocycles. The van der Waals surface area contributed by atoms with Crippen molar-refractivity contribution >= 4 is 0 Å². The Kier molecular flexibility index (Phi) is 36.5. The predicted octanol–water partition coefficient (Wildman–Crippen LogP) is 1.87. The summed E-state index contributed by atoms with van der Waals surface area (Å²) in [6, 6.07) is 0. The number of rotatable bonds is 26. The van der Waals surface area contributed by atoms with Crippen LogP contribution in [0.15, 0.2) is 0 Å². The first kappa shape index (κ1) is 39.1. The molecule has 0 amide bonds. The maximum atomic E-state index is 9.61. The zero-order valence-corrected chi connectivity index (χ0v) is 28.9. The van der Waals surface area contributed by atoms with Gasteiger partial charge in [-0.15, -0.1) is 0 Å². The zero-order valence-electron chi connectivity index (χ0n) is 22.5. The van der Waals surface area contributed by atoms with Gasteiger partial charge in [-0.05, 0) is 58.3 Å². The van der Waals surface area contributed by atoms with Crippen LogP contribution in [0.5, 0.6) is 0 Å². The molecule has 0 aliphatic carbocycles. The van der Waals surface area contributed by atoms with Gasteiger partial charge in [-0.2, -0.15) is 0 Å². The summed E-state index contributed by atoms with van der Waals surface area (Å²) < 4.78 is 30.1. The molecule has 4 N–H and O–H groups in total. The summed E-state index contributed by atoms with van der Waals surface area (Å²) in [5.74, 6) is 0. The molecule has 0 heterocycles. The summed E-state index contributed by atoms with van der Waals surface area (Å²) in [7, 11) is 6.34. The first-order chi connectivity index (χ1) is 17.0. The van der Waals surface area contributed by atoms with Crippen LogP contribution in [-0.2, 0) is 28.4 Å². The molecular formula is C25H52O10Rf-2. The van der Waals surface area contributed by atoms with Crippen molar-refractivity contribution < 1.29 is 48.8 Å². The van der Waals surface area contributed by atoms with Gasteiger partial charge < -0.3 is 48.8 Å². The van der Waals surface area contributed by atoms with E-state index in [9.17, 15) is 10.2 Å². The van der Waals surface area contributed by atoms with Crippen LogP contribution in [0.1, 0.15) is 58.3 Å². The summed E-state index contributed by atoms with van der Waals surface area (Å²) in [6.07, 6.45) is 5.94. The molecule has 0 spiro atoms. The molecule has 0 saturated heterocycles. The van der Waals surface area contributed by atoms with Crippen molar-refractivity contribution in [2.24, 2.45) is 0 Å². The van der Waals surface area contributed by atoms with Crippen LogP contribution >= 0.6 is 0 Å². The van der Waals surface area contributed by atoms with E-state index in [4.69, 9.17) is 29.2 Å². The molecule has 0 saturated carbocycles. The van der Waals surface area contributed by atoms with E-state index in [0.29, 0.717) is 19.8 Å². The van der Waals surface area contributed by atoms with Gasteiger partial charge in [0.1, 0.15) is 0 Å². The Labute approximate surface area is 212 Å². The number of aliphatic hydroxyl groups is 4. The number of ether oxygens (including phenoxy) is 6. The van der Waals surface area contributed by atoms with Crippen molar-refractivity contribution in [3.05, 3.63) is 14.2 Å². The quantitative estimate of drug-likeness (QED) is 0.0762. The normalized spacial score (nSPS) is 13.4. The fourth-order valence-electron chi connectivity index (χ4n) is 2.81. The standard InChI is InChI=1S/C19H39O6.C6H13O4.Rf/c1-3-23-17-19(21)11-5-7-13-25-15-9-8-14-24-12-6-4-10-18(20)16-22-2;1-9-4-6(8)5-10-3-2-7;/h18-21H,2-17H2,1H3;6-8H,1-5H2;/q2*-1;. The predicted molar refractivity (Wildman–Crippen MR) is 134 cm³/mol. The Balaban J connectivity index is -0.000000834. The molecule has 216 valence electrons. The first-order valence-electron chi connectivity index (χ1n) is 12.7. The molecule has 0 rings (SSSR count). The van der Waals surface area contributed by atoms with Crippen LogP contribution in [0.2, 0.25) is 0 Å². The molecule has 11 heteroatoms. The van der Waals surface area contributed by atoms with E-state index in [0.717, 1.165) is 77.8 Å². The number of aliphatic hydroxyl groups excluding tert-OH is 4. The van der Waals surface area contributed by atoms with Gasteiger partial charge in [0.15, 0.2) is 0 Å². The van der Waals surface area contributed by atoms with E-state index in [-0.39, 0.29) is 32.5 Å². The van der Waals surface area contributed by atoms with E-state index in [1.54, 1.807) is 0 Å². The van der Waals surface area contributed by atoms with Crippen molar-refractivity contribution in [2.75, 3.05) is 72.7 Å². The molecule has 0 fully saturated rings. The monoisotopic (exact) mass is 779 g/mol. The maximum Gasteiger partial charge on any atom is 0.0976 e. The van der Waals surface area contributed by atoms with Gasteiger partial charge in [0.25, 0.3) is 0 Å². The van der Waals surface area contributed by atoms with Gasteiger partial charge in [-0.3, -0.25) is 0 Å². The van der Waals surface area contributed by atoms with Crippen LogP contribution in [0.3, 0.4) is 0 Å². The zero-order chi connectivity index (χ0) is 26.4. The largest absolute Gasteiger partial charge is 0.553 e. The smallest absolute Gasteiger partial charge is 0.0976 e. The molecule has 36 heavy (non-hydrogen) atoms. The van der Waals surface area contributed by atoms with Gasteiger partial charge in [0, 0.05) is 46.2 Å². The first-order valence-corrected chi connectivity index (χ1v) is 12.7. The number of unbranched alkanes of at least 4 members (excludes halogenated alkanes) is 3. The Morgan fingerprint density at radius 3 is 1.42 bits per heavy atom. The maximum absolute atomic E-state index is 9.61. The SMILES string of the molecule is [CH2-]OCC(O)CCCCOCCCCOCCCCC(O)COCC.[CH2-]OCC(O)COCCO.[Rf]. The second kappa shape index (κ2) is 33.6. The van der Waals surface area contributed by atoms with Gasteiger partial charge in [0.05, 0.1) is 44.7 Å². The van der Waals surface area contributed by atoms with Crippen LogP contribution in [0.25, 0.3) is 0 Å². The molecule has 3 unspecified atom stereocenters. The van der Waals surface area contributed by atoms with Crippen LogP contribution in [0, 0.1) is 14.2 Å². The van der Waals surface area contributed by atoms with Crippen molar-refractivity contribution in [1.29, 1.82) is 0 Å². The summed E-state index contributed by atoms with van der Waals surface area (Å²) in [6.45, 7) is 6.88. The fraction of sp³-hybridized carbons (Fsp3) is 0.920. The minimum atomic E-state index is -0.649. The fourth-order valence-corrected chi connectivity index (χ4v) is 2.81. The van der Waals surface area contributed by atoms with Crippen molar-refractivity contribution in [1.82, 2.24) is 0 Å². The molecule has 0 aromatic carbocycles. The third-order valence-corrected chi connectivity index (χ3v) is 4.66. The number of hydrogen-bond donors (Lipinski definition) is 4. The van der Waals surface area contributed by atoms with Crippen LogP contribution < -0.4 is 0 Å². The van der Waals surface area contributed by atoms with Gasteiger partial charge >= 0.3 is 0 Å². The van der Waals surface area contributed by atoms with E-state index >= 15 is 0 Å². The van der Waals surface area contributed by atoms with E-state index in [1.165, 1.54) is 0 Å². The summed E-state index contributed by atoms with van der Waals surface area (Å²) in [5, 5.41) is 36.2. The second-order valence-corrected chi connectivity index (χ2v) is 8.08. The summed E-state index contributed by atoms with van der Waals surface area (Å²) in [5.41, 5.74) is 0. The average Bonchev–Trinajstić information content (AvgIpc) is 2.84. The van der Waals surface area contributed by atoms with Crippen molar-refractivity contribution in [3.63, 3.8) is 0 Å². The third kappa shape index (κ3) is 34.8. The Morgan fingerprint density at radius 2 is 0.972 bits per heavy atom.